The second-order valence-electron chi connectivity index (χ2n) is 9.58. The van der Waals surface area contributed by atoms with Crippen LogP contribution in [0.5, 0.6) is 0 Å². The van der Waals surface area contributed by atoms with Gasteiger partial charge in [-0.15, -0.1) is 5.10 Å². The summed E-state index contributed by atoms with van der Waals surface area (Å²) in [5.41, 5.74) is 0.210. The van der Waals surface area contributed by atoms with Crippen molar-refractivity contribution in [3.05, 3.63) is 11.9 Å². The normalized spacial score (nSPS) is 24.2. The van der Waals surface area contributed by atoms with E-state index in [9.17, 15) is 25.2 Å². The number of rotatable bonds is 19. The first-order chi connectivity index (χ1) is 17.5. The minimum Gasteiger partial charge on any atom is -0.394 e. The molecule has 1 amide bonds. The molecule has 0 saturated carbocycles. The highest BCUT2D eigenvalue weighted by atomic mass is 16.7. The van der Waals surface area contributed by atoms with Crippen LogP contribution in [0.1, 0.15) is 94.5 Å². The van der Waals surface area contributed by atoms with Crippen molar-refractivity contribution in [1.82, 2.24) is 20.3 Å². The first-order valence-electron chi connectivity index (χ1n) is 13.6. The van der Waals surface area contributed by atoms with E-state index < -0.39 is 37.3 Å². The predicted molar refractivity (Wildman–Crippen MR) is 133 cm³/mol. The van der Waals surface area contributed by atoms with Crippen LogP contribution in [-0.2, 0) is 16.0 Å². The Kier molecular flexibility index (Phi) is 15.1. The third-order valence-corrected chi connectivity index (χ3v) is 6.54. The number of hydrogen-bond acceptors (Lipinski definition) is 9. The maximum absolute atomic E-state index is 12.3. The summed E-state index contributed by atoms with van der Waals surface area (Å²) in [6.07, 6.45) is 10.1. The fourth-order valence-corrected chi connectivity index (χ4v) is 4.24. The van der Waals surface area contributed by atoms with E-state index in [4.69, 9.17) is 9.47 Å². The summed E-state index contributed by atoms with van der Waals surface area (Å²) in [6, 6.07) is 0. The van der Waals surface area contributed by atoms with E-state index in [0.717, 1.165) is 12.8 Å². The molecular weight excluding hydrogens is 468 g/mol. The van der Waals surface area contributed by atoms with E-state index in [1.807, 2.05) is 0 Å². The molecule has 208 valence electrons. The van der Waals surface area contributed by atoms with Crippen LogP contribution in [0.25, 0.3) is 0 Å². The van der Waals surface area contributed by atoms with Gasteiger partial charge in [0.1, 0.15) is 24.4 Å². The van der Waals surface area contributed by atoms with Gasteiger partial charge in [-0.3, -0.25) is 4.79 Å². The summed E-state index contributed by atoms with van der Waals surface area (Å²) in [5.74, 6) is -0.279. The van der Waals surface area contributed by atoms with Crippen molar-refractivity contribution < 1.29 is 34.7 Å². The summed E-state index contributed by atoms with van der Waals surface area (Å²) in [4.78, 5) is 12.3. The molecule has 5 atom stereocenters. The van der Waals surface area contributed by atoms with Gasteiger partial charge in [-0.1, -0.05) is 82.8 Å². The van der Waals surface area contributed by atoms with Crippen LogP contribution in [0.3, 0.4) is 0 Å². The molecule has 0 bridgehead atoms. The summed E-state index contributed by atoms with van der Waals surface area (Å²) < 4.78 is 12.1. The summed E-state index contributed by atoms with van der Waals surface area (Å²) in [5, 5.41) is 49.5. The number of aliphatic hydroxyl groups is 4. The molecule has 11 heteroatoms. The SMILES string of the molecule is CCCCCCCCCCCCCCNC(=O)c1cn(CCO[C@@H]2O[C@H](CO)[C@H](O)[C@H](O)[C@H]2O)nn1. The van der Waals surface area contributed by atoms with E-state index in [1.165, 1.54) is 75.1 Å². The molecule has 0 unspecified atom stereocenters. The number of aliphatic hydroxyl groups excluding tert-OH is 4. The molecule has 11 nitrogen and oxygen atoms in total. The molecule has 5 N–H and O–H groups in total. The number of nitrogens with zero attached hydrogens (tertiary/aromatic N) is 3. The van der Waals surface area contributed by atoms with Crippen molar-refractivity contribution in [2.75, 3.05) is 19.8 Å². The molecule has 36 heavy (non-hydrogen) atoms. The zero-order valence-electron chi connectivity index (χ0n) is 21.6. The van der Waals surface area contributed by atoms with E-state index in [-0.39, 0.29) is 24.8 Å². The Balaban J connectivity index is 1.52. The van der Waals surface area contributed by atoms with Gasteiger partial charge in [0.15, 0.2) is 12.0 Å². The Hall–Kier alpha value is -1.63. The Morgan fingerprint density at radius 1 is 0.972 bits per heavy atom. The van der Waals surface area contributed by atoms with Crippen LogP contribution < -0.4 is 5.32 Å². The smallest absolute Gasteiger partial charge is 0.273 e. The first-order valence-corrected chi connectivity index (χ1v) is 13.6. The van der Waals surface area contributed by atoms with Crippen molar-refractivity contribution in [3.63, 3.8) is 0 Å². The van der Waals surface area contributed by atoms with Crippen LogP contribution in [0, 0.1) is 0 Å². The maximum atomic E-state index is 12.3. The topological polar surface area (TPSA) is 159 Å². The minimum atomic E-state index is -1.49. The third-order valence-electron chi connectivity index (χ3n) is 6.54. The highest BCUT2D eigenvalue weighted by Gasteiger charge is 2.43. The molecule has 1 aliphatic heterocycles. The molecule has 2 rings (SSSR count). The molecule has 0 radical (unpaired) electrons. The monoisotopic (exact) mass is 514 g/mol. The van der Waals surface area contributed by atoms with Crippen LogP contribution in [0.4, 0.5) is 0 Å². The van der Waals surface area contributed by atoms with Gasteiger partial charge in [0, 0.05) is 6.54 Å². The second kappa shape index (κ2) is 17.8. The highest BCUT2D eigenvalue weighted by Crippen LogP contribution is 2.21. The molecule has 1 aliphatic rings. The lowest BCUT2D eigenvalue weighted by atomic mass is 9.99. The molecule has 1 aromatic heterocycles. The predicted octanol–water partition coefficient (Wildman–Crippen LogP) is 1.53. The van der Waals surface area contributed by atoms with Crippen molar-refractivity contribution in [1.29, 1.82) is 0 Å². The van der Waals surface area contributed by atoms with Crippen LogP contribution >= 0.6 is 0 Å². The lowest BCUT2D eigenvalue weighted by Crippen LogP contribution is -2.59. The Labute approximate surface area is 214 Å². The zero-order valence-corrected chi connectivity index (χ0v) is 21.6. The van der Waals surface area contributed by atoms with Crippen LogP contribution in [0.15, 0.2) is 6.20 Å². The standard InChI is InChI=1S/C25H46N4O7/c1-2-3-4-5-6-7-8-9-10-11-12-13-14-26-24(34)19-17-29(28-27-19)15-16-35-25-23(33)22(32)21(31)20(18-30)36-25/h17,20-23,25,30-33H,2-16,18H2,1H3,(H,26,34)/t20-,21+,22+,23-,25-/m1/s1. The highest BCUT2D eigenvalue weighted by molar-refractivity contribution is 5.91. The molecule has 1 aromatic rings. The quantitative estimate of drug-likeness (QED) is 0.173. The van der Waals surface area contributed by atoms with Gasteiger partial charge in [-0.05, 0) is 6.42 Å². The van der Waals surface area contributed by atoms with Crippen molar-refractivity contribution in [2.24, 2.45) is 0 Å². The van der Waals surface area contributed by atoms with E-state index >= 15 is 0 Å². The van der Waals surface area contributed by atoms with Crippen LogP contribution in [-0.4, -0.2) is 91.8 Å². The number of carbonyl (C=O) groups excluding carboxylic acids is 1. The van der Waals surface area contributed by atoms with Crippen molar-refractivity contribution in [2.45, 2.75) is 121 Å². The number of amides is 1. The molecule has 0 spiro atoms. The minimum absolute atomic E-state index is 0.0476. The number of aromatic nitrogens is 3. The van der Waals surface area contributed by atoms with Gasteiger partial charge in [-0.25, -0.2) is 4.68 Å². The fourth-order valence-electron chi connectivity index (χ4n) is 4.24. The summed E-state index contributed by atoms with van der Waals surface area (Å²) >= 11 is 0. The maximum Gasteiger partial charge on any atom is 0.273 e. The number of carbonyl (C=O) groups is 1. The largest absolute Gasteiger partial charge is 0.394 e. The lowest BCUT2D eigenvalue weighted by Gasteiger charge is -2.39. The lowest BCUT2D eigenvalue weighted by molar-refractivity contribution is -0.301. The van der Waals surface area contributed by atoms with E-state index in [1.54, 1.807) is 0 Å². The number of unbranched alkanes of at least 4 members (excludes halogenated alkanes) is 11. The van der Waals surface area contributed by atoms with E-state index in [2.05, 4.69) is 22.6 Å². The number of nitrogens with one attached hydrogen (secondary N) is 1. The zero-order chi connectivity index (χ0) is 26.2. The summed E-state index contributed by atoms with van der Waals surface area (Å²) in [7, 11) is 0. The van der Waals surface area contributed by atoms with Gasteiger partial charge >= 0.3 is 0 Å². The number of hydrogen-bond donors (Lipinski definition) is 5. The van der Waals surface area contributed by atoms with Gasteiger partial charge in [-0.2, -0.15) is 0 Å². The Morgan fingerprint density at radius 2 is 1.58 bits per heavy atom. The molecule has 1 fully saturated rings. The molecule has 0 aliphatic carbocycles. The molecule has 2 heterocycles. The van der Waals surface area contributed by atoms with E-state index in [0.29, 0.717) is 6.54 Å². The average Bonchev–Trinajstić information content (AvgIpc) is 3.36. The average molecular weight is 515 g/mol. The fraction of sp³-hybridized carbons (Fsp3) is 0.880. The Morgan fingerprint density at radius 3 is 2.19 bits per heavy atom. The second-order valence-corrected chi connectivity index (χ2v) is 9.58. The first kappa shape index (κ1) is 30.6. The Bertz CT molecular complexity index is 718. The molecular formula is C25H46N4O7. The van der Waals surface area contributed by atoms with Crippen molar-refractivity contribution in [3.8, 4) is 0 Å². The number of ether oxygens (including phenoxy) is 2. The molecule has 0 aromatic carbocycles. The van der Waals surface area contributed by atoms with Gasteiger partial charge in [0.25, 0.3) is 5.91 Å². The third kappa shape index (κ3) is 10.8. The van der Waals surface area contributed by atoms with Gasteiger partial charge in [0.05, 0.1) is 26.0 Å². The van der Waals surface area contributed by atoms with Crippen molar-refractivity contribution >= 4 is 5.91 Å². The van der Waals surface area contributed by atoms with Gasteiger partial charge in [0.2, 0.25) is 0 Å². The summed E-state index contributed by atoms with van der Waals surface area (Å²) in [6.45, 7) is 2.60. The molecule has 1 saturated heterocycles. The van der Waals surface area contributed by atoms with Crippen LogP contribution in [0.2, 0.25) is 0 Å². The van der Waals surface area contributed by atoms with Gasteiger partial charge < -0.3 is 35.2 Å².